The first kappa shape index (κ1) is 16.8. The average Bonchev–Trinajstić information content (AvgIpc) is 2.60. The van der Waals surface area contributed by atoms with Crippen LogP contribution in [0.1, 0.15) is 22.3 Å². The molecule has 2 aromatic carbocycles. The van der Waals surface area contributed by atoms with Crippen molar-refractivity contribution in [1.29, 1.82) is 0 Å². The van der Waals surface area contributed by atoms with E-state index in [0.717, 1.165) is 6.54 Å². The lowest BCUT2D eigenvalue weighted by atomic mass is 10.1. The molecule has 0 saturated heterocycles. The molecule has 0 radical (unpaired) electrons. The van der Waals surface area contributed by atoms with E-state index >= 15 is 0 Å². The number of hydrogen-bond acceptors (Lipinski definition) is 3. The summed E-state index contributed by atoms with van der Waals surface area (Å²) in [5.41, 5.74) is 1.86. The van der Waals surface area contributed by atoms with E-state index in [4.69, 9.17) is 11.2 Å². The van der Waals surface area contributed by atoms with Gasteiger partial charge in [-0.05, 0) is 17.7 Å². The summed E-state index contributed by atoms with van der Waals surface area (Å²) in [5, 5.41) is 0. The molecule has 3 nitrogen and oxygen atoms in total. The molecule has 0 bridgehead atoms. The van der Waals surface area contributed by atoms with Crippen molar-refractivity contribution in [2.45, 2.75) is 13.0 Å². The van der Waals surface area contributed by atoms with Crippen LogP contribution in [0.25, 0.3) is 0 Å². The van der Waals surface area contributed by atoms with Crippen molar-refractivity contribution in [2.75, 3.05) is 20.2 Å². The second-order valence-corrected chi connectivity index (χ2v) is 5.31. The number of hydrogen-bond donors (Lipinski definition) is 0. The summed E-state index contributed by atoms with van der Waals surface area (Å²) in [6.45, 7) is 1.91. The molecule has 0 saturated carbocycles. The number of carbonyl (C=O) groups excluding carboxylic acids is 1. The standard InChI is InChI=1S/C20H21NO2/c1-3-13-21(16-17-8-5-4-6-9-17)14-12-20(22)18-10-7-11-19(15-18)23-2/h1,4-11,15H,12-14,16H2,2H3. The maximum absolute atomic E-state index is 12.3. The van der Waals surface area contributed by atoms with Crippen LogP contribution < -0.4 is 4.74 Å². The number of ketones is 1. The van der Waals surface area contributed by atoms with Gasteiger partial charge < -0.3 is 4.74 Å². The zero-order valence-electron chi connectivity index (χ0n) is 13.4. The van der Waals surface area contributed by atoms with E-state index in [0.29, 0.717) is 30.8 Å². The van der Waals surface area contributed by atoms with Crippen molar-refractivity contribution >= 4 is 5.78 Å². The van der Waals surface area contributed by atoms with Gasteiger partial charge in [0.1, 0.15) is 5.75 Å². The molecule has 0 fully saturated rings. The van der Waals surface area contributed by atoms with Gasteiger partial charge >= 0.3 is 0 Å². The molecule has 0 aliphatic rings. The third-order valence-electron chi connectivity index (χ3n) is 3.61. The molecule has 0 aromatic heterocycles. The molecule has 0 spiro atoms. The predicted octanol–water partition coefficient (Wildman–Crippen LogP) is 3.40. The first-order chi connectivity index (χ1) is 11.2. The van der Waals surface area contributed by atoms with Crippen molar-refractivity contribution in [1.82, 2.24) is 4.90 Å². The highest BCUT2D eigenvalue weighted by Gasteiger charge is 2.11. The van der Waals surface area contributed by atoms with Crippen molar-refractivity contribution in [2.24, 2.45) is 0 Å². The number of terminal acetylenes is 1. The van der Waals surface area contributed by atoms with Crippen LogP contribution in [0.3, 0.4) is 0 Å². The van der Waals surface area contributed by atoms with E-state index in [1.807, 2.05) is 36.4 Å². The fourth-order valence-corrected chi connectivity index (χ4v) is 2.39. The molecule has 0 aliphatic heterocycles. The highest BCUT2D eigenvalue weighted by Crippen LogP contribution is 2.14. The van der Waals surface area contributed by atoms with Gasteiger partial charge in [0.05, 0.1) is 13.7 Å². The fraction of sp³-hybridized carbons (Fsp3) is 0.250. The van der Waals surface area contributed by atoms with Crippen LogP contribution in [0, 0.1) is 12.3 Å². The molecule has 0 unspecified atom stereocenters. The summed E-state index contributed by atoms with van der Waals surface area (Å²) in [7, 11) is 1.60. The molecular formula is C20H21NO2. The van der Waals surface area contributed by atoms with Gasteiger partial charge in [-0.3, -0.25) is 9.69 Å². The van der Waals surface area contributed by atoms with Gasteiger partial charge in [-0.15, -0.1) is 6.42 Å². The topological polar surface area (TPSA) is 29.5 Å². The van der Waals surface area contributed by atoms with Gasteiger partial charge in [0.25, 0.3) is 0 Å². The molecule has 0 amide bonds. The van der Waals surface area contributed by atoms with Gasteiger partial charge in [0.15, 0.2) is 5.78 Å². The molecule has 23 heavy (non-hydrogen) atoms. The molecule has 3 heteroatoms. The largest absolute Gasteiger partial charge is 0.497 e. The Hall–Kier alpha value is -2.57. The highest BCUT2D eigenvalue weighted by molar-refractivity contribution is 5.96. The lowest BCUT2D eigenvalue weighted by molar-refractivity contribution is 0.0965. The van der Waals surface area contributed by atoms with Crippen molar-refractivity contribution < 1.29 is 9.53 Å². The average molecular weight is 307 g/mol. The van der Waals surface area contributed by atoms with Crippen molar-refractivity contribution in [3.05, 3.63) is 65.7 Å². The fourth-order valence-electron chi connectivity index (χ4n) is 2.39. The van der Waals surface area contributed by atoms with E-state index in [1.165, 1.54) is 5.56 Å². The maximum atomic E-state index is 12.3. The Labute approximate surface area is 137 Å². The Kier molecular flexibility index (Phi) is 6.40. The third-order valence-corrected chi connectivity index (χ3v) is 3.61. The smallest absolute Gasteiger partial charge is 0.164 e. The number of carbonyl (C=O) groups is 1. The Morgan fingerprint density at radius 1 is 1.17 bits per heavy atom. The number of nitrogens with zero attached hydrogens (tertiary/aromatic N) is 1. The molecule has 0 heterocycles. The van der Waals surface area contributed by atoms with E-state index in [1.54, 1.807) is 13.2 Å². The van der Waals surface area contributed by atoms with Crippen molar-refractivity contribution in [3.8, 4) is 18.1 Å². The van der Waals surface area contributed by atoms with E-state index < -0.39 is 0 Å². The maximum Gasteiger partial charge on any atom is 0.164 e. The van der Waals surface area contributed by atoms with Gasteiger partial charge in [-0.1, -0.05) is 48.4 Å². The Balaban J connectivity index is 1.95. The minimum Gasteiger partial charge on any atom is -0.497 e. The Morgan fingerprint density at radius 3 is 2.65 bits per heavy atom. The van der Waals surface area contributed by atoms with Crippen LogP contribution >= 0.6 is 0 Å². The molecule has 0 aliphatic carbocycles. The molecule has 0 atom stereocenters. The molecule has 118 valence electrons. The summed E-state index contributed by atoms with van der Waals surface area (Å²) in [6.07, 6.45) is 5.88. The third kappa shape index (κ3) is 5.28. The Morgan fingerprint density at radius 2 is 1.96 bits per heavy atom. The minimum absolute atomic E-state index is 0.0963. The first-order valence-electron chi connectivity index (χ1n) is 7.60. The molecule has 2 aromatic rings. The lowest BCUT2D eigenvalue weighted by Gasteiger charge is -2.19. The second kappa shape index (κ2) is 8.77. The van der Waals surface area contributed by atoms with Crippen LogP contribution in [0.15, 0.2) is 54.6 Å². The zero-order chi connectivity index (χ0) is 16.5. The lowest BCUT2D eigenvalue weighted by Crippen LogP contribution is -2.26. The highest BCUT2D eigenvalue weighted by atomic mass is 16.5. The SMILES string of the molecule is C#CCN(CCC(=O)c1cccc(OC)c1)Cc1ccccc1. The summed E-state index contributed by atoms with van der Waals surface area (Å²) < 4.78 is 5.16. The van der Waals surface area contributed by atoms with E-state index in [9.17, 15) is 4.79 Å². The number of ether oxygens (including phenoxy) is 1. The van der Waals surface area contributed by atoms with Gasteiger partial charge in [-0.25, -0.2) is 0 Å². The van der Waals surface area contributed by atoms with Crippen LogP contribution in [-0.4, -0.2) is 30.9 Å². The molecular weight excluding hydrogens is 286 g/mol. The van der Waals surface area contributed by atoms with E-state index in [2.05, 4.69) is 23.0 Å². The monoisotopic (exact) mass is 307 g/mol. The van der Waals surface area contributed by atoms with Gasteiger partial charge in [-0.2, -0.15) is 0 Å². The quantitative estimate of drug-likeness (QED) is 0.553. The van der Waals surface area contributed by atoms with E-state index in [-0.39, 0.29) is 5.78 Å². The molecule has 2 rings (SSSR count). The summed E-state index contributed by atoms with van der Waals surface area (Å²) in [5.74, 6) is 3.46. The Bertz CT molecular complexity index is 674. The number of rotatable bonds is 8. The number of methoxy groups -OCH3 is 1. The number of benzene rings is 2. The number of Topliss-reactive ketones (excluding diaryl/α,β-unsaturated/α-hetero) is 1. The summed E-state index contributed by atoms with van der Waals surface area (Å²) in [6, 6.07) is 17.4. The van der Waals surface area contributed by atoms with Crippen LogP contribution in [0.5, 0.6) is 5.75 Å². The first-order valence-corrected chi connectivity index (χ1v) is 7.60. The summed E-state index contributed by atoms with van der Waals surface area (Å²) >= 11 is 0. The van der Waals surface area contributed by atoms with Crippen LogP contribution in [-0.2, 0) is 6.54 Å². The van der Waals surface area contributed by atoms with Crippen molar-refractivity contribution in [3.63, 3.8) is 0 Å². The predicted molar refractivity (Wildman–Crippen MR) is 92.5 cm³/mol. The van der Waals surface area contributed by atoms with Crippen LogP contribution in [0.2, 0.25) is 0 Å². The normalized spacial score (nSPS) is 10.3. The zero-order valence-corrected chi connectivity index (χ0v) is 13.4. The minimum atomic E-state index is 0.0963. The summed E-state index contributed by atoms with van der Waals surface area (Å²) in [4.78, 5) is 14.4. The molecule has 0 N–H and O–H groups in total. The second-order valence-electron chi connectivity index (χ2n) is 5.31. The van der Waals surface area contributed by atoms with Gasteiger partial charge in [0, 0.05) is 25.1 Å². The van der Waals surface area contributed by atoms with Crippen LogP contribution in [0.4, 0.5) is 0 Å². The van der Waals surface area contributed by atoms with Gasteiger partial charge in [0.2, 0.25) is 0 Å².